The Morgan fingerprint density at radius 2 is 2.19 bits per heavy atom. The third kappa shape index (κ3) is 5.03. The summed E-state index contributed by atoms with van der Waals surface area (Å²) in [4.78, 5) is 35.8. The number of aromatic nitrogens is 1. The number of nitrogens with one attached hydrogen (secondary N) is 1. The first-order valence-electron chi connectivity index (χ1n) is 5.79. The van der Waals surface area contributed by atoms with E-state index in [1.165, 1.54) is 13.2 Å². The number of hydrogen-bond donors (Lipinski definition) is 2. The lowest BCUT2D eigenvalue weighted by Gasteiger charge is -2.07. The Labute approximate surface area is 119 Å². The number of nitrogens with two attached hydrogens (primary N) is 1. The molecule has 0 aliphatic rings. The van der Waals surface area contributed by atoms with Gasteiger partial charge in [-0.05, 0) is 6.07 Å². The van der Waals surface area contributed by atoms with Crippen LogP contribution in [-0.4, -0.2) is 48.7 Å². The van der Waals surface area contributed by atoms with Crippen LogP contribution < -0.4 is 11.1 Å². The summed E-state index contributed by atoms with van der Waals surface area (Å²) in [5.41, 5.74) is 4.52. The number of primary amides is 1. The van der Waals surface area contributed by atoms with E-state index < -0.39 is 16.8 Å². The molecule has 10 nitrogen and oxygen atoms in total. The summed E-state index contributed by atoms with van der Waals surface area (Å²) >= 11 is 0. The predicted molar refractivity (Wildman–Crippen MR) is 70.7 cm³/mol. The van der Waals surface area contributed by atoms with E-state index in [1.54, 1.807) is 0 Å². The fourth-order valence-corrected chi connectivity index (χ4v) is 1.36. The molecule has 1 rings (SSSR count). The topological polar surface area (TPSA) is 147 Å². The van der Waals surface area contributed by atoms with Gasteiger partial charge >= 0.3 is 11.7 Å². The molecular weight excluding hydrogens is 284 g/mol. The summed E-state index contributed by atoms with van der Waals surface area (Å²) in [6.45, 7) is -0.0185. The van der Waals surface area contributed by atoms with Crippen molar-refractivity contribution in [2.24, 2.45) is 5.73 Å². The number of methoxy groups -OCH3 is 1. The standard InChI is InChI=1S/C11H14N4O6/c1-20-11(17)7-2-3-8(15(18)19)10(14-7)13-4-5-21-6-9(12)16/h2-3H,4-6H2,1H3,(H2,12,16)(H,13,14). The molecule has 0 aliphatic heterocycles. The Hall–Kier alpha value is -2.75. The number of nitro groups is 1. The lowest BCUT2D eigenvalue weighted by Crippen LogP contribution is -2.21. The zero-order chi connectivity index (χ0) is 15.8. The molecule has 0 aliphatic carbocycles. The molecule has 1 aromatic rings. The van der Waals surface area contributed by atoms with Gasteiger partial charge in [0.05, 0.1) is 18.6 Å². The van der Waals surface area contributed by atoms with Crippen LogP contribution in [-0.2, 0) is 14.3 Å². The number of anilines is 1. The Balaban J connectivity index is 2.74. The number of pyridine rings is 1. The second-order valence-electron chi connectivity index (χ2n) is 3.76. The normalized spacial score (nSPS) is 9.95. The first-order valence-corrected chi connectivity index (χ1v) is 5.79. The van der Waals surface area contributed by atoms with Crippen LogP contribution in [0.4, 0.5) is 11.5 Å². The van der Waals surface area contributed by atoms with Crippen molar-refractivity contribution in [2.45, 2.75) is 0 Å². The van der Waals surface area contributed by atoms with E-state index in [4.69, 9.17) is 10.5 Å². The average Bonchev–Trinajstić information content (AvgIpc) is 2.45. The fourth-order valence-electron chi connectivity index (χ4n) is 1.36. The maximum Gasteiger partial charge on any atom is 0.356 e. The molecule has 0 spiro atoms. The van der Waals surface area contributed by atoms with Crippen LogP contribution in [0.5, 0.6) is 0 Å². The van der Waals surface area contributed by atoms with Gasteiger partial charge in [0.2, 0.25) is 11.7 Å². The molecule has 0 bridgehead atoms. The van der Waals surface area contributed by atoms with E-state index in [9.17, 15) is 19.7 Å². The van der Waals surface area contributed by atoms with E-state index in [2.05, 4.69) is 15.0 Å². The van der Waals surface area contributed by atoms with Gasteiger partial charge in [-0.2, -0.15) is 0 Å². The summed E-state index contributed by atoms with van der Waals surface area (Å²) < 4.78 is 9.38. The van der Waals surface area contributed by atoms with Gasteiger partial charge in [0.15, 0.2) is 5.69 Å². The molecule has 0 atom stereocenters. The van der Waals surface area contributed by atoms with Gasteiger partial charge in [0.25, 0.3) is 0 Å². The third-order valence-electron chi connectivity index (χ3n) is 2.25. The number of carbonyl (C=O) groups excluding carboxylic acids is 2. The van der Waals surface area contributed by atoms with Gasteiger partial charge in [0, 0.05) is 12.6 Å². The second kappa shape index (κ2) is 7.75. The zero-order valence-electron chi connectivity index (χ0n) is 11.2. The zero-order valence-corrected chi connectivity index (χ0v) is 11.2. The minimum atomic E-state index is -0.710. The second-order valence-corrected chi connectivity index (χ2v) is 3.76. The molecule has 0 aromatic carbocycles. The van der Waals surface area contributed by atoms with Crippen molar-refractivity contribution < 1.29 is 24.0 Å². The van der Waals surface area contributed by atoms with E-state index in [1.807, 2.05) is 0 Å². The van der Waals surface area contributed by atoms with Crippen molar-refractivity contribution in [2.75, 3.05) is 32.2 Å². The fraction of sp³-hybridized carbons (Fsp3) is 0.364. The molecule has 0 radical (unpaired) electrons. The van der Waals surface area contributed by atoms with Crippen molar-refractivity contribution in [3.63, 3.8) is 0 Å². The van der Waals surface area contributed by atoms with Crippen LogP contribution in [0.15, 0.2) is 12.1 Å². The molecule has 0 fully saturated rings. The van der Waals surface area contributed by atoms with Gasteiger partial charge in [-0.3, -0.25) is 14.9 Å². The van der Waals surface area contributed by atoms with Crippen molar-refractivity contribution in [3.05, 3.63) is 27.9 Å². The Kier molecular flexibility index (Phi) is 6.01. The highest BCUT2D eigenvalue weighted by Gasteiger charge is 2.18. The van der Waals surface area contributed by atoms with E-state index in [0.717, 1.165) is 6.07 Å². The van der Waals surface area contributed by atoms with Gasteiger partial charge in [0.1, 0.15) is 6.61 Å². The first-order chi connectivity index (χ1) is 9.95. The molecule has 114 valence electrons. The van der Waals surface area contributed by atoms with Crippen LogP contribution >= 0.6 is 0 Å². The van der Waals surface area contributed by atoms with E-state index in [-0.39, 0.29) is 37.0 Å². The number of ether oxygens (including phenoxy) is 2. The van der Waals surface area contributed by atoms with Gasteiger partial charge < -0.3 is 20.5 Å². The molecular formula is C11H14N4O6. The Morgan fingerprint density at radius 1 is 1.48 bits per heavy atom. The SMILES string of the molecule is COC(=O)c1ccc([N+](=O)[O-])c(NCCOCC(N)=O)n1. The Morgan fingerprint density at radius 3 is 2.76 bits per heavy atom. The molecule has 1 amide bonds. The molecule has 0 saturated heterocycles. The minimum Gasteiger partial charge on any atom is -0.464 e. The number of esters is 1. The Bertz CT molecular complexity index is 548. The molecule has 21 heavy (non-hydrogen) atoms. The average molecular weight is 298 g/mol. The number of hydrogen-bond acceptors (Lipinski definition) is 8. The molecule has 0 unspecified atom stereocenters. The van der Waals surface area contributed by atoms with E-state index in [0.29, 0.717) is 0 Å². The minimum absolute atomic E-state index is 0.0661. The highest BCUT2D eigenvalue weighted by Crippen LogP contribution is 2.22. The van der Waals surface area contributed by atoms with Crippen LogP contribution in [0.1, 0.15) is 10.5 Å². The van der Waals surface area contributed by atoms with Gasteiger partial charge in [-0.15, -0.1) is 0 Å². The largest absolute Gasteiger partial charge is 0.464 e. The maximum atomic E-state index is 11.3. The quantitative estimate of drug-likeness (QED) is 0.287. The highest BCUT2D eigenvalue weighted by molar-refractivity contribution is 5.88. The van der Waals surface area contributed by atoms with Crippen LogP contribution in [0.25, 0.3) is 0 Å². The summed E-state index contributed by atoms with van der Waals surface area (Å²) in [5, 5.41) is 13.5. The number of amides is 1. The van der Waals surface area contributed by atoms with Crippen molar-refractivity contribution >= 4 is 23.4 Å². The smallest absolute Gasteiger partial charge is 0.356 e. The predicted octanol–water partition coefficient (Wildman–Crippen LogP) is -0.310. The molecule has 10 heteroatoms. The summed E-state index contributed by atoms with van der Waals surface area (Å²) in [5.74, 6) is -1.42. The van der Waals surface area contributed by atoms with E-state index >= 15 is 0 Å². The van der Waals surface area contributed by atoms with Crippen LogP contribution in [0.3, 0.4) is 0 Å². The number of nitrogens with zero attached hydrogens (tertiary/aromatic N) is 2. The van der Waals surface area contributed by atoms with Crippen molar-refractivity contribution in [3.8, 4) is 0 Å². The number of rotatable bonds is 8. The highest BCUT2D eigenvalue weighted by atomic mass is 16.6. The van der Waals surface area contributed by atoms with Gasteiger partial charge in [-0.25, -0.2) is 9.78 Å². The lowest BCUT2D eigenvalue weighted by molar-refractivity contribution is -0.384. The van der Waals surface area contributed by atoms with Gasteiger partial charge in [-0.1, -0.05) is 0 Å². The maximum absolute atomic E-state index is 11.3. The molecule has 1 aromatic heterocycles. The summed E-state index contributed by atoms with van der Waals surface area (Å²) in [6.07, 6.45) is 0. The molecule has 3 N–H and O–H groups in total. The monoisotopic (exact) mass is 298 g/mol. The van der Waals surface area contributed by atoms with Crippen LogP contribution in [0, 0.1) is 10.1 Å². The molecule has 1 heterocycles. The number of carbonyl (C=O) groups is 2. The lowest BCUT2D eigenvalue weighted by atomic mass is 10.3. The van der Waals surface area contributed by atoms with Crippen molar-refractivity contribution in [1.29, 1.82) is 0 Å². The van der Waals surface area contributed by atoms with Crippen LogP contribution in [0.2, 0.25) is 0 Å². The summed E-state index contributed by atoms with van der Waals surface area (Å²) in [7, 11) is 1.18. The van der Waals surface area contributed by atoms with Crippen molar-refractivity contribution in [1.82, 2.24) is 4.98 Å². The first kappa shape index (κ1) is 16.3. The third-order valence-corrected chi connectivity index (χ3v) is 2.25. The summed E-state index contributed by atoms with van der Waals surface area (Å²) in [6, 6.07) is 2.34. The molecule has 0 saturated carbocycles.